The number of allylic oxidation sites excluding steroid dienone is 1. The Morgan fingerprint density at radius 2 is 2.30 bits per heavy atom. The molecule has 0 spiro atoms. The minimum Gasteiger partial charge on any atom is -0.481 e. The van der Waals surface area contributed by atoms with Crippen molar-refractivity contribution in [2.24, 2.45) is 0 Å². The molecule has 0 saturated heterocycles. The number of carbonyl (C=O) groups is 1. The summed E-state index contributed by atoms with van der Waals surface area (Å²) in [5, 5.41) is 18.5. The number of aliphatic carboxylic acids is 1. The number of H-pyrrole nitrogens is 1. The highest BCUT2D eigenvalue weighted by molar-refractivity contribution is 8.05. The topological polar surface area (TPSA) is 69.2 Å². The van der Waals surface area contributed by atoms with Crippen molar-refractivity contribution < 1.29 is 9.90 Å². The van der Waals surface area contributed by atoms with Crippen molar-refractivity contribution in [3.8, 4) is 0 Å². The lowest BCUT2D eigenvalue weighted by molar-refractivity contribution is -0.134. The fourth-order valence-corrected chi connectivity index (χ4v) is 3.03. The molecule has 0 atom stereocenters. The van der Waals surface area contributed by atoms with Crippen LogP contribution in [0.2, 0.25) is 0 Å². The van der Waals surface area contributed by atoms with Crippen LogP contribution in [0.5, 0.6) is 0 Å². The SMILES string of the molecule is C=CS/C(=C\C)CN(Cc1cccs1)c1ccn[nH]1.CC(=O)O. The summed E-state index contributed by atoms with van der Waals surface area (Å²) in [6.45, 7) is 8.66. The van der Waals surface area contributed by atoms with Crippen LogP contribution in [0.4, 0.5) is 5.82 Å². The van der Waals surface area contributed by atoms with E-state index in [2.05, 4.69) is 52.2 Å². The molecule has 0 saturated carbocycles. The van der Waals surface area contributed by atoms with Gasteiger partial charge >= 0.3 is 0 Å². The van der Waals surface area contributed by atoms with Gasteiger partial charge in [0.05, 0.1) is 19.3 Å². The number of thiophene rings is 1. The van der Waals surface area contributed by atoms with Crippen LogP contribution in [0.3, 0.4) is 0 Å². The second-order valence-electron chi connectivity index (χ2n) is 4.44. The number of aromatic nitrogens is 2. The number of hydrogen-bond acceptors (Lipinski definition) is 5. The lowest BCUT2D eigenvalue weighted by Gasteiger charge is -2.23. The van der Waals surface area contributed by atoms with E-state index in [1.165, 1.54) is 9.78 Å². The first-order chi connectivity index (χ1) is 11.1. The van der Waals surface area contributed by atoms with Crippen molar-refractivity contribution in [3.05, 3.63) is 57.6 Å². The second-order valence-corrected chi connectivity index (χ2v) is 6.56. The van der Waals surface area contributed by atoms with Crippen molar-refractivity contribution in [2.75, 3.05) is 11.4 Å². The molecule has 23 heavy (non-hydrogen) atoms. The maximum absolute atomic E-state index is 9.00. The van der Waals surface area contributed by atoms with Gasteiger partial charge in [0.15, 0.2) is 0 Å². The summed E-state index contributed by atoms with van der Waals surface area (Å²) in [6, 6.07) is 6.24. The molecule has 2 aromatic rings. The number of nitrogens with zero attached hydrogens (tertiary/aromatic N) is 2. The van der Waals surface area contributed by atoms with Gasteiger partial charge in [0.1, 0.15) is 5.82 Å². The lowest BCUT2D eigenvalue weighted by atomic mass is 10.3. The molecule has 5 nitrogen and oxygen atoms in total. The number of nitrogens with one attached hydrogen (secondary N) is 1. The van der Waals surface area contributed by atoms with E-state index >= 15 is 0 Å². The van der Waals surface area contributed by atoms with Gasteiger partial charge in [-0.15, -0.1) is 23.1 Å². The Bertz CT molecular complexity index is 603. The van der Waals surface area contributed by atoms with E-state index in [9.17, 15) is 0 Å². The Morgan fingerprint density at radius 1 is 1.57 bits per heavy atom. The maximum atomic E-state index is 9.00. The van der Waals surface area contributed by atoms with Gasteiger partial charge in [0.2, 0.25) is 0 Å². The van der Waals surface area contributed by atoms with Gasteiger partial charge in [0, 0.05) is 22.8 Å². The summed E-state index contributed by atoms with van der Waals surface area (Å²) < 4.78 is 0. The summed E-state index contributed by atoms with van der Waals surface area (Å²) >= 11 is 3.44. The molecule has 0 radical (unpaired) electrons. The third-order valence-corrected chi connectivity index (χ3v) is 4.35. The van der Waals surface area contributed by atoms with E-state index in [1.54, 1.807) is 29.3 Å². The minimum atomic E-state index is -0.833. The number of hydrogen-bond donors (Lipinski definition) is 2. The van der Waals surface area contributed by atoms with Crippen molar-refractivity contribution in [2.45, 2.75) is 20.4 Å². The molecule has 0 bridgehead atoms. The van der Waals surface area contributed by atoms with Gasteiger partial charge < -0.3 is 10.0 Å². The van der Waals surface area contributed by atoms with Gasteiger partial charge in [-0.05, 0) is 23.8 Å². The van der Waals surface area contributed by atoms with Gasteiger partial charge in [0.25, 0.3) is 5.97 Å². The first-order valence-electron chi connectivity index (χ1n) is 6.95. The zero-order valence-electron chi connectivity index (χ0n) is 13.2. The molecule has 124 valence electrons. The number of anilines is 1. The Labute approximate surface area is 144 Å². The van der Waals surface area contributed by atoms with Gasteiger partial charge in [-0.25, -0.2) is 0 Å². The number of thioether (sulfide) groups is 1. The number of carboxylic acids is 1. The summed E-state index contributed by atoms with van der Waals surface area (Å²) in [5.41, 5.74) is 0. The van der Waals surface area contributed by atoms with Crippen LogP contribution in [0.15, 0.2) is 52.7 Å². The van der Waals surface area contributed by atoms with Crippen molar-refractivity contribution in [1.82, 2.24) is 10.2 Å². The minimum absolute atomic E-state index is 0.833. The zero-order valence-corrected chi connectivity index (χ0v) is 14.9. The van der Waals surface area contributed by atoms with Crippen LogP contribution in [-0.4, -0.2) is 27.8 Å². The molecule has 2 rings (SSSR count). The normalized spacial score (nSPS) is 10.6. The first kappa shape index (κ1) is 19.1. The highest BCUT2D eigenvalue weighted by atomic mass is 32.2. The van der Waals surface area contributed by atoms with Crippen LogP contribution < -0.4 is 4.90 Å². The van der Waals surface area contributed by atoms with Gasteiger partial charge in [-0.1, -0.05) is 18.7 Å². The fourth-order valence-electron chi connectivity index (χ4n) is 1.73. The molecule has 0 fully saturated rings. The van der Waals surface area contributed by atoms with E-state index < -0.39 is 5.97 Å². The average molecular weight is 351 g/mol. The Balaban J connectivity index is 0.000000593. The molecule has 7 heteroatoms. The highest BCUT2D eigenvalue weighted by Crippen LogP contribution is 2.23. The summed E-state index contributed by atoms with van der Waals surface area (Å²) in [6.07, 6.45) is 3.91. The van der Waals surface area contributed by atoms with E-state index in [4.69, 9.17) is 9.90 Å². The molecule has 0 aromatic carbocycles. The predicted octanol–water partition coefficient (Wildman–Crippen LogP) is 4.35. The zero-order chi connectivity index (χ0) is 17.1. The second kappa shape index (κ2) is 10.7. The number of aromatic amines is 1. The van der Waals surface area contributed by atoms with Crippen molar-refractivity contribution in [1.29, 1.82) is 0 Å². The molecule has 2 aromatic heterocycles. The average Bonchev–Trinajstić information content (AvgIpc) is 3.18. The molecular weight excluding hydrogens is 330 g/mol. The molecule has 0 amide bonds. The molecular formula is C16H21N3O2S2. The van der Waals surface area contributed by atoms with Crippen molar-refractivity contribution >= 4 is 34.9 Å². The third-order valence-electron chi connectivity index (χ3n) is 2.66. The monoisotopic (exact) mass is 351 g/mol. The molecule has 0 aliphatic carbocycles. The summed E-state index contributed by atoms with van der Waals surface area (Å²) in [7, 11) is 0. The third kappa shape index (κ3) is 7.71. The van der Waals surface area contributed by atoms with Crippen LogP contribution in [0.1, 0.15) is 18.7 Å². The van der Waals surface area contributed by atoms with Gasteiger partial charge in [-0.2, -0.15) is 5.10 Å². The largest absolute Gasteiger partial charge is 0.481 e. The molecule has 2 N–H and O–H groups in total. The highest BCUT2D eigenvalue weighted by Gasteiger charge is 2.11. The predicted molar refractivity (Wildman–Crippen MR) is 98.8 cm³/mol. The number of rotatable bonds is 7. The lowest BCUT2D eigenvalue weighted by Crippen LogP contribution is -2.24. The van der Waals surface area contributed by atoms with Crippen LogP contribution in [-0.2, 0) is 11.3 Å². The van der Waals surface area contributed by atoms with Crippen molar-refractivity contribution in [3.63, 3.8) is 0 Å². The molecule has 2 heterocycles. The van der Waals surface area contributed by atoms with E-state index in [1.807, 2.05) is 11.5 Å². The smallest absolute Gasteiger partial charge is 0.300 e. The first-order valence-corrected chi connectivity index (χ1v) is 8.71. The Hall–Kier alpha value is -1.99. The number of carboxylic acid groups (broad SMARTS) is 1. The fraction of sp³-hybridized carbons (Fsp3) is 0.250. The Kier molecular flexibility index (Phi) is 8.86. The van der Waals surface area contributed by atoms with E-state index in [-0.39, 0.29) is 0 Å². The summed E-state index contributed by atoms with van der Waals surface area (Å²) in [4.78, 5) is 13.9. The Morgan fingerprint density at radius 3 is 2.78 bits per heavy atom. The van der Waals surface area contributed by atoms with E-state index in [0.717, 1.165) is 25.8 Å². The standard InChI is InChI=1S/C14H17N3S2.C2H4O2/c1-3-12(18-4-2)10-17(14-7-8-15-16-14)11-13-6-5-9-19-13;1-2(3)4/h3-9H,2,10-11H2,1H3,(H,15,16);1H3,(H,3,4)/b12-3-;. The molecule has 0 aliphatic heterocycles. The quantitative estimate of drug-likeness (QED) is 0.776. The molecule has 0 unspecified atom stereocenters. The van der Waals surface area contributed by atoms with Crippen LogP contribution in [0, 0.1) is 0 Å². The molecule has 0 aliphatic rings. The van der Waals surface area contributed by atoms with E-state index in [0.29, 0.717) is 0 Å². The summed E-state index contributed by atoms with van der Waals surface area (Å²) in [5.74, 6) is 0.206. The maximum Gasteiger partial charge on any atom is 0.300 e. The van der Waals surface area contributed by atoms with Crippen LogP contribution in [0.25, 0.3) is 0 Å². The van der Waals surface area contributed by atoms with Gasteiger partial charge in [-0.3, -0.25) is 9.89 Å². The van der Waals surface area contributed by atoms with Crippen LogP contribution >= 0.6 is 23.1 Å².